The minimum atomic E-state index is 0.142. The first kappa shape index (κ1) is 16.2. The third kappa shape index (κ3) is 3.55. The van der Waals surface area contributed by atoms with Crippen LogP contribution in [0, 0.1) is 0 Å². The van der Waals surface area contributed by atoms with Crippen LogP contribution in [-0.4, -0.2) is 72.4 Å². The van der Waals surface area contributed by atoms with Gasteiger partial charge in [-0.3, -0.25) is 4.90 Å². The Bertz CT molecular complexity index is 514. The normalized spacial score (nSPS) is 28.7. The maximum absolute atomic E-state index is 6.25. The average molecular weight is 331 g/mol. The first-order valence-electron chi connectivity index (χ1n) is 9.45. The predicted molar refractivity (Wildman–Crippen MR) is 94.2 cm³/mol. The molecule has 0 amide bonds. The molecule has 1 aromatic rings. The fraction of sp³-hybridized carbons (Fsp3) is 0.778. The fourth-order valence-electron chi connectivity index (χ4n) is 4.50. The molecule has 1 N–H and O–H groups in total. The number of anilines is 1. The molecule has 132 valence electrons. The average Bonchev–Trinajstić information content (AvgIpc) is 2.89. The first-order valence-corrected chi connectivity index (χ1v) is 9.45. The van der Waals surface area contributed by atoms with Crippen LogP contribution in [0.3, 0.4) is 0 Å². The van der Waals surface area contributed by atoms with Crippen molar-refractivity contribution in [1.82, 2.24) is 20.2 Å². The second-order valence-corrected chi connectivity index (χ2v) is 7.35. The van der Waals surface area contributed by atoms with Crippen molar-refractivity contribution in [1.29, 1.82) is 0 Å². The largest absolute Gasteiger partial charge is 0.375 e. The minimum absolute atomic E-state index is 0.142. The molecule has 3 aliphatic heterocycles. The highest BCUT2D eigenvalue weighted by molar-refractivity contribution is 5.28. The van der Waals surface area contributed by atoms with Gasteiger partial charge in [0.1, 0.15) is 0 Å². The minimum Gasteiger partial charge on any atom is -0.375 e. The number of hydrogen-bond acceptors (Lipinski definition) is 6. The summed E-state index contributed by atoms with van der Waals surface area (Å²) >= 11 is 0. The predicted octanol–water partition coefficient (Wildman–Crippen LogP) is 1.29. The molecule has 1 unspecified atom stereocenters. The van der Waals surface area contributed by atoms with Gasteiger partial charge >= 0.3 is 0 Å². The number of piperidine rings is 1. The second-order valence-electron chi connectivity index (χ2n) is 7.35. The van der Waals surface area contributed by atoms with E-state index in [2.05, 4.69) is 25.1 Å². The number of rotatable bonds is 2. The first-order chi connectivity index (χ1) is 11.8. The number of hydrogen-bond donors (Lipinski definition) is 1. The number of ether oxygens (including phenoxy) is 1. The molecular weight excluding hydrogens is 302 g/mol. The smallest absolute Gasteiger partial charge is 0.225 e. The van der Waals surface area contributed by atoms with E-state index < -0.39 is 0 Å². The van der Waals surface area contributed by atoms with Gasteiger partial charge in [0, 0.05) is 51.2 Å². The van der Waals surface area contributed by atoms with E-state index in [9.17, 15) is 0 Å². The Morgan fingerprint density at radius 1 is 1.08 bits per heavy atom. The van der Waals surface area contributed by atoms with E-state index in [-0.39, 0.29) is 5.60 Å². The van der Waals surface area contributed by atoms with Crippen LogP contribution in [-0.2, 0) is 4.74 Å². The van der Waals surface area contributed by atoms with Crippen LogP contribution >= 0.6 is 0 Å². The van der Waals surface area contributed by atoms with Crippen molar-refractivity contribution in [3.63, 3.8) is 0 Å². The van der Waals surface area contributed by atoms with Crippen LogP contribution in [0.5, 0.6) is 0 Å². The molecule has 24 heavy (non-hydrogen) atoms. The van der Waals surface area contributed by atoms with Gasteiger partial charge in [-0.15, -0.1) is 0 Å². The van der Waals surface area contributed by atoms with Crippen LogP contribution in [0.1, 0.15) is 32.1 Å². The van der Waals surface area contributed by atoms with Crippen molar-refractivity contribution >= 4 is 5.95 Å². The van der Waals surface area contributed by atoms with Crippen LogP contribution in [0.25, 0.3) is 0 Å². The van der Waals surface area contributed by atoms with Crippen molar-refractivity contribution < 1.29 is 4.74 Å². The molecule has 1 aromatic heterocycles. The molecule has 0 aromatic carbocycles. The van der Waals surface area contributed by atoms with Crippen molar-refractivity contribution in [3.8, 4) is 0 Å². The van der Waals surface area contributed by atoms with E-state index in [0.717, 1.165) is 45.3 Å². The Balaban J connectivity index is 1.38. The number of nitrogens with one attached hydrogen (secondary N) is 1. The Hall–Kier alpha value is -1.24. The van der Waals surface area contributed by atoms with E-state index in [1.807, 2.05) is 18.5 Å². The maximum atomic E-state index is 6.25. The summed E-state index contributed by atoms with van der Waals surface area (Å²) in [5.74, 6) is 0.876. The highest BCUT2D eigenvalue weighted by Gasteiger charge is 2.40. The molecule has 4 heterocycles. The van der Waals surface area contributed by atoms with Gasteiger partial charge in [0.2, 0.25) is 5.95 Å². The highest BCUT2D eigenvalue weighted by Crippen LogP contribution is 2.35. The lowest BCUT2D eigenvalue weighted by Gasteiger charge is -2.46. The molecule has 0 bridgehead atoms. The van der Waals surface area contributed by atoms with E-state index in [4.69, 9.17) is 4.74 Å². The lowest BCUT2D eigenvalue weighted by molar-refractivity contribution is -0.120. The summed E-state index contributed by atoms with van der Waals surface area (Å²) < 4.78 is 6.25. The van der Waals surface area contributed by atoms with Crippen LogP contribution in [0.2, 0.25) is 0 Å². The van der Waals surface area contributed by atoms with Gasteiger partial charge in [0.15, 0.2) is 0 Å². The lowest BCUT2D eigenvalue weighted by Crippen LogP contribution is -2.53. The van der Waals surface area contributed by atoms with Crippen LogP contribution in [0.15, 0.2) is 18.5 Å². The monoisotopic (exact) mass is 331 g/mol. The Labute approximate surface area is 144 Å². The second kappa shape index (κ2) is 7.33. The van der Waals surface area contributed by atoms with Gasteiger partial charge in [-0.1, -0.05) is 0 Å². The Morgan fingerprint density at radius 2 is 1.92 bits per heavy atom. The van der Waals surface area contributed by atoms with Crippen LogP contribution < -0.4 is 10.2 Å². The lowest BCUT2D eigenvalue weighted by atomic mass is 9.82. The van der Waals surface area contributed by atoms with Gasteiger partial charge in [0.05, 0.1) is 5.60 Å². The Morgan fingerprint density at radius 3 is 2.75 bits per heavy atom. The topological polar surface area (TPSA) is 53.5 Å². The van der Waals surface area contributed by atoms with Gasteiger partial charge < -0.3 is 15.0 Å². The molecule has 3 saturated heterocycles. The summed E-state index contributed by atoms with van der Waals surface area (Å²) in [6.07, 6.45) is 9.58. The molecule has 0 aliphatic carbocycles. The quantitative estimate of drug-likeness (QED) is 0.881. The Kier molecular flexibility index (Phi) is 4.96. The number of aromatic nitrogens is 2. The zero-order chi connectivity index (χ0) is 16.2. The number of nitrogens with zero attached hydrogens (tertiary/aromatic N) is 4. The molecule has 4 rings (SSSR count). The van der Waals surface area contributed by atoms with Gasteiger partial charge in [-0.2, -0.15) is 0 Å². The van der Waals surface area contributed by atoms with Crippen molar-refractivity contribution in [2.45, 2.75) is 43.7 Å². The molecule has 0 saturated carbocycles. The summed E-state index contributed by atoms with van der Waals surface area (Å²) in [6.45, 7) is 7.50. The van der Waals surface area contributed by atoms with E-state index in [1.54, 1.807) is 0 Å². The molecule has 6 heteroatoms. The zero-order valence-corrected chi connectivity index (χ0v) is 14.5. The molecule has 1 atom stereocenters. The van der Waals surface area contributed by atoms with Gasteiger partial charge in [0.25, 0.3) is 0 Å². The summed E-state index contributed by atoms with van der Waals surface area (Å²) in [4.78, 5) is 13.9. The zero-order valence-electron chi connectivity index (χ0n) is 14.5. The summed E-state index contributed by atoms with van der Waals surface area (Å²) in [7, 11) is 0. The summed E-state index contributed by atoms with van der Waals surface area (Å²) in [5.41, 5.74) is 0.142. The highest BCUT2D eigenvalue weighted by atomic mass is 16.5. The molecule has 6 nitrogen and oxygen atoms in total. The van der Waals surface area contributed by atoms with Crippen LogP contribution in [0.4, 0.5) is 5.95 Å². The fourth-order valence-corrected chi connectivity index (χ4v) is 4.50. The van der Waals surface area contributed by atoms with E-state index in [1.165, 1.54) is 38.6 Å². The third-order valence-electron chi connectivity index (χ3n) is 5.86. The molecule has 3 aliphatic rings. The molecule has 3 fully saturated rings. The van der Waals surface area contributed by atoms with Gasteiger partial charge in [-0.05, 0) is 51.3 Å². The van der Waals surface area contributed by atoms with Gasteiger partial charge in [-0.25, -0.2) is 9.97 Å². The SMILES string of the molecule is c1cnc(N2CCCN(C3CCOC4(CCNCC4)C3)CC2)nc1. The third-order valence-corrected chi connectivity index (χ3v) is 5.86. The summed E-state index contributed by atoms with van der Waals surface area (Å²) in [5, 5.41) is 3.47. The van der Waals surface area contributed by atoms with Crippen molar-refractivity contribution in [3.05, 3.63) is 18.5 Å². The molecule has 0 radical (unpaired) electrons. The van der Waals surface area contributed by atoms with Crippen molar-refractivity contribution in [2.24, 2.45) is 0 Å². The summed E-state index contributed by atoms with van der Waals surface area (Å²) in [6, 6.07) is 2.56. The molecule has 1 spiro atoms. The standard InChI is InChI=1S/C18H29N5O/c1-6-20-17(21-7-1)23-11-2-10-22(12-13-23)16-3-14-24-18(15-16)4-8-19-9-5-18/h1,6-7,16,19H,2-5,8-15H2. The van der Waals surface area contributed by atoms with Crippen molar-refractivity contribution in [2.75, 3.05) is 50.8 Å². The van der Waals surface area contributed by atoms with E-state index >= 15 is 0 Å². The van der Waals surface area contributed by atoms with E-state index in [0.29, 0.717) is 6.04 Å². The maximum Gasteiger partial charge on any atom is 0.225 e. The molecular formula is C18H29N5O.